The van der Waals surface area contributed by atoms with Gasteiger partial charge in [0.2, 0.25) is 0 Å². The van der Waals surface area contributed by atoms with Crippen molar-refractivity contribution in [2.24, 2.45) is 5.18 Å². The molecule has 8 heavy (non-hydrogen) atoms. The monoisotopic (exact) mass is 226 g/mol. The Morgan fingerprint density at radius 3 is 3.00 bits per heavy atom. The van der Waals surface area contributed by atoms with E-state index in [0.717, 1.165) is 10.8 Å². The predicted molar refractivity (Wildman–Crippen MR) is 30.3 cm³/mol. The third kappa shape index (κ3) is 6.07. The van der Waals surface area contributed by atoms with E-state index in [9.17, 15) is 4.91 Å². The summed E-state index contributed by atoms with van der Waals surface area (Å²) < 4.78 is 1.71. The summed E-state index contributed by atoms with van der Waals surface area (Å²) in [6.07, 6.45) is 2.92. The van der Waals surface area contributed by atoms with E-state index in [-0.39, 0.29) is 21.2 Å². The summed E-state index contributed by atoms with van der Waals surface area (Å²) in [5, 5.41) is 2.77. The molecule has 0 spiro atoms. The fourth-order valence-corrected chi connectivity index (χ4v) is 1.67. The first kappa shape index (κ1) is 8.07. The molecule has 48 valence electrons. The third-order valence-electron chi connectivity index (χ3n) is 0.580. The van der Waals surface area contributed by atoms with Crippen LogP contribution in [0.3, 0.4) is 0 Å². The molecule has 0 amide bonds. The van der Waals surface area contributed by atoms with Crippen LogP contribution in [0.2, 0.25) is 0 Å². The van der Waals surface area contributed by atoms with E-state index < -0.39 is 0 Å². The van der Waals surface area contributed by atoms with Crippen molar-refractivity contribution in [3.05, 3.63) is 17.6 Å². The molecule has 0 saturated carbocycles. The second-order valence-corrected chi connectivity index (χ2v) is 4.04. The molecular weight excluding hydrogens is 217 g/mol. The summed E-state index contributed by atoms with van der Waals surface area (Å²) in [7, 11) is 0. The van der Waals surface area contributed by atoms with Crippen molar-refractivity contribution in [3.8, 4) is 0 Å². The molecule has 0 atom stereocenters. The van der Waals surface area contributed by atoms with Crippen molar-refractivity contribution in [1.82, 2.24) is 0 Å². The van der Waals surface area contributed by atoms with Crippen LogP contribution in [0.1, 0.15) is 6.42 Å². The van der Waals surface area contributed by atoms with Gasteiger partial charge in [-0.1, -0.05) is 0 Å². The van der Waals surface area contributed by atoms with Gasteiger partial charge in [-0.25, -0.2) is 0 Å². The maximum atomic E-state index is 9.52. The second-order valence-electron chi connectivity index (χ2n) is 1.20. The van der Waals surface area contributed by atoms with Crippen molar-refractivity contribution in [1.29, 1.82) is 0 Å². The molecule has 0 heterocycles. The average Bonchev–Trinajstić information content (AvgIpc) is 1.81. The predicted octanol–water partition coefficient (Wildman–Crippen LogP) is -1.62. The zero-order valence-corrected chi connectivity index (χ0v) is 6.80. The second kappa shape index (κ2) is 7.07. The zero-order valence-electron chi connectivity index (χ0n) is 4.64. The minimum absolute atomic E-state index is 0.0680. The van der Waals surface area contributed by atoms with Gasteiger partial charge in [0.05, 0.1) is 0 Å². The summed E-state index contributed by atoms with van der Waals surface area (Å²) in [5.41, 5.74) is 0. The number of allylic oxidation sites excluding steroid dienone is 1. The van der Waals surface area contributed by atoms with Crippen LogP contribution in [0.4, 0.5) is 0 Å². The molecule has 0 radical (unpaired) electrons. The van der Waals surface area contributed by atoms with Crippen molar-refractivity contribution in [2.45, 2.75) is 6.42 Å². The topological polar surface area (TPSA) is 29.4 Å². The van der Waals surface area contributed by atoms with E-state index in [1.54, 1.807) is 0 Å². The summed E-state index contributed by atoms with van der Waals surface area (Å²) in [6, 6.07) is 0. The number of hydrogen-bond donors (Lipinski definition) is 0. The molecule has 0 aromatic heterocycles. The average molecular weight is 226 g/mol. The van der Waals surface area contributed by atoms with Gasteiger partial charge in [-0.3, -0.25) is 0 Å². The normalized spacial score (nSPS) is 9.00. The molecule has 0 aliphatic rings. The first-order valence-corrected chi connectivity index (χ1v) is 5.40. The molecular formula is C5H9INO-. The van der Waals surface area contributed by atoms with Gasteiger partial charge in [0, 0.05) is 0 Å². The van der Waals surface area contributed by atoms with E-state index in [2.05, 4.69) is 11.8 Å². The number of halogens is 1. The van der Waals surface area contributed by atoms with Crippen molar-refractivity contribution in [2.75, 3.05) is 8.98 Å². The van der Waals surface area contributed by atoms with Crippen LogP contribution in [0.25, 0.3) is 0 Å². The molecule has 0 fully saturated rings. The van der Waals surface area contributed by atoms with Crippen LogP contribution in [0.5, 0.6) is 0 Å². The number of nitrogens with zero attached hydrogens (tertiary/aromatic N) is 1. The van der Waals surface area contributed by atoms with E-state index in [4.69, 9.17) is 0 Å². The fourth-order valence-electron chi connectivity index (χ4n) is 0.249. The Morgan fingerprint density at radius 1 is 1.75 bits per heavy atom. The van der Waals surface area contributed by atoms with Gasteiger partial charge in [0.15, 0.2) is 0 Å². The maximum absolute atomic E-state index is 9.52. The Kier molecular flexibility index (Phi) is 7.13. The molecule has 2 nitrogen and oxygen atoms in total. The van der Waals surface area contributed by atoms with Crippen molar-refractivity contribution >= 4 is 0 Å². The first-order valence-electron chi connectivity index (χ1n) is 2.35. The zero-order chi connectivity index (χ0) is 6.24. The van der Waals surface area contributed by atoms with Gasteiger partial charge in [-0.05, 0) is 0 Å². The molecule has 0 aromatic rings. The van der Waals surface area contributed by atoms with Gasteiger partial charge < -0.3 is 0 Å². The molecule has 0 aromatic carbocycles. The van der Waals surface area contributed by atoms with Crippen LogP contribution >= 0.6 is 0 Å². The molecule has 3 heteroatoms. The van der Waals surface area contributed by atoms with Crippen LogP contribution in [-0.4, -0.2) is 8.98 Å². The van der Waals surface area contributed by atoms with Crippen molar-refractivity contribution in [3.63, 3.8) is 0 Å². The molecule has 0 N–H and O–H groups in total. The molecule has 0 rings (SSSR count). The number of alkyl halides is 2. The van der Waals surface area contributed by atoms with Crippen LogP contribution in [0.15, 0.2) is 17.8 Å². The van der Waals surface area contributed by atoms with E-state index in [1.165, 1.54) is 0 Å². The summed E-state index contributed by atoms with van der Waals surface area (Å²) >= 11 is 0.0680. The SMILES string of the molecule is C=CCC[I-]CN=O. The molecule has 0 saturated heterocycles. The fraction of sp³-hybridized carbons (Fsp3) is 0.600. The van der Waals surface area contributed by atoms with Crippen LogP contribution < -0.4 is 21.2 Å². The quantitative estimate of drug-likeness (QED) is 0.138. The standard InChI is InChI=1S/C5H9INO/c1-2-3-4-6-5-7-8/h2H,1,3-5H2/q-1. The summed E-state index contributed by atoms with van der Waals surface area (Å²) in [5.74, 6) is 0. The van der Waals surface area contributed by atoms with Gasteiger partial charge in [0.1, 0.15) is 0 Å². The van der Waals surface area contributed by atoms with Crippen molar-refractivity contribution < 1.29 is 21.2 Å². The van der Waals surface area contributed by atoms with Gasteiger partial charge in [0.25, 0.3) is 0 Å². The van der Waals surface area contributed by atoms with E-state index >= 15 is 0 Å². The Hall–Kier alpha value is 0.0700. The van der Waals surface area contributed by atoms with Gasteiger partial charge >= 0.3 is 59.3 Å². The summed E-state index contributed by atoms with van der Waals surface area (Å²) in [4.78, 5) is 9.52. The number of nitroso groups, excluding NO2 is 1. The first-order chi connectivity index (χ1) is 3.91. The number of rotatable bonds is 5. The van der Waals surface area contributed by atoms with Gasteiger partial charge in [-0.15, -0.1) is 0 Å². The van der Waals surface area contributed by atoms with E-state index in [1.807, 2.05) is 6.08 Å². The number of hydrogen-bond acceptors (Lipinski definition) is 2. The molecule has 0 unspecified atom stereocenters. The van der Waals surface area contributed by atoms with Crippen LogP contribution in [-0.2, 0) is 0 Å². The van der Waals surface area contributed by atoms with Crippen LogP contribution in [0, 0.1) is 4.91 Å². The van der Waals surface area contributed by atoms with E-state index in [0.29, 0.717) is 4.55 Å². The molecule has 0 aliphatic heterocycles. The Balaban J connectivity index is 2.71. The Bertz CT molecular complexity index is 64.8. The summed E-state index contributed by atoms with van der Waals surface area (Å²) in [6.45, 7) is 3.57. The molecule has 0 aliphatic carbocycles. The minimum atomic E-state index is 0.0680. The van der Waals surface area contributed by atoms with Gasteiger partial charge in [-0.2, -0.15) is 0 Å². The Morgan fingerprint density at radius 2 is 2.50 bits per heavy atom. The third-order valence-corrected chi connectivity index (χ3v) is 2.73. The molecule has 0 bridgehead atoms. The Labute approximate surface area is 59.6 Å².